The molecule has 1 N–H and O–H groups in total. The van der Waals surface area contributed by atoms with Crippen LogP contribution < -0.4 is 5.32 Å². The van der Waals surface area contributed by atoms with Crippen LogP contribution in [0.1, 0.15) is 43.1 Å². The lowest BCUT2D eigenvalue weighted by molar-refractivity contribution is 0.0992. The van der Waals surface area contributed by atoms with Gasteiger partial charge >= 0.3 is 0 Å². The van der Waals surface area contributed by atoms with E-state index in [9.17, 15) is 4.79 Å². The van der Waals surface area contributed by atoms with Crippen LogP contribution in [0, 0.1) is 5.92 Å². The van der Waals surface area contributed by atoms with Gasteiger partial charge in [0.15, 0.2) is 5.76 Å². The van der Waals surface area contributed by atoms with Gasteiger partial charge in [-0.1, -0.05) is 13.8 Å². The molecule has 2 rings (SSSR count). The van der Waals surface area contributed by atoms with E-state index in [1.54, 1.807) is 18.3 Å². The van der Waals surface area contributed by atoms with Crippen molar-refractivity contribution in [1.82, 2.24) is 14.7 Å². The van der Waals surface area contributed by atoms with E-state index in [4.69, 9.17) is 4.42 Å². The van der Waals surface area contributed by atoms with Crippen molar-refractivity contribution in [2.75, 3.05) is 19.4 Å². The zero-order chi connectivity index (χ0) is 16.3. The molecule has 2 aromatic rings. The Kier molecular flexibility index (Phi) is 5.03. The van der Waals surface area contributed by atoms with Crippen molar-refractivity contribution < 1.29 is 9.21 Å². The molecule has 2 heterocycles. The molecule has 0 unspecified atom stereocenters. The number of nitrogens with one attached hydrogen (secondary N) is 1. The number of aromatic nitrogens is 2. The summed E-state index contributed by atoms with van der Waals surface area (Å²) in [6, 6.07) is 5.51. The standard InChI is InChI=1S/C16H24N4O2/c1-11(2)12(3)20-15(8-9-17-20)18-16(21)14-7-6-13(22-14)10-19(4)5/h6-9,11-12H,10H2,1-5H3,(H,18,21)/t12-/m1/s1. The Morgan fingerprint density at radius 1 is 1.32 bits per heavy atom. The van der Waals surface area contributed by atoms with Crippen molar-refractivity contribution in [2.45, 2.75) is 33.4 Å². The molecule has 0 aromatic carbocycles. The Morgan fingerprint density at radius 2 is 2.05 bits per heavy atom. The average molecular weight is 304 g/mol. The predicted molar refractivity (Wildman–Crippen MR) is 85.8 cm³/mol. The molecule has 6 nitrogen and oxygen atoms in total. The van der Waals surface area contributed by atoms with Crippen molar-refractivity contribution in [1.29, 1.82) is 0 Å². The highest BCUT2D eigenvalue weighted by Gasteiger charge is 2.17. The summed E-state index contributed by atoms with van der Waals surface area (Å²) in [4.78, 5) is 14.3. The summed E-state index contributed by atoms with van der Waals surface area (Å²) in [7, 11) is 3.91. The molecule has 0 aliphatic heterocycles. The third-order valence-electron chi connectivity index (χ3n) is 3.62. The summed E-state index contributed by atoms with van der Waals surface area (Å²) in [6.45, 7) is 6.99. The van der Waals surface area contributed by atoms with Gasteiger partial charge in [-0.3, -0.25) is 4.79 Å². The molecule has 0 aliphatic carbocycles. The van der Waals surface area contributed by atoms with Gasteiger partial charge in [0.2, 0.25) is 0 Å². The monoisotopic (exact) mass is 304 g/mol. The molecule has 1 amide bonds. The first-order valence-electron chi connectivity index (χ1n) is 7.46. The maximum atomic E-state index is 12.3. The van der Waals surface area contributed by atoms with E-state index in [0.717, 1.165) is 5.76 Å². The maximum absolute atomic E-state index is 12.3. The summed E-state index contributed by atoms with van der Waals surface area (Å²) < 4.78 is 7.40. The quantitative estimate of drug-likeness (QED) is 0.891. The topological polar surface area (TPSA) is 63.3 Å². The Labute approximate surface area is 131 Å². The van der Waals surface area contributed by atoms with Gasteiger partial charge in [0, 0.05) is 6.07 Å². The molecule has 0 saturated heterocycles. The van der Waals surface area contributed by atoms with E-state index in [0.29, 0.717) is 24.0 Å². The van der Waals surface area contributed by atoms with Crippen molar-refractivity contribution in [3.63, 3.8) is 0 Å². The van der Waals surface area contributed by atoms with Crippen LogP contribution in [0.3, 0.4) is 0 Å². The van der Waals surface area contributed by atoms with Crippen LogP contribution >= 0.6 is 0 Å². The smallest absolute Gasteiger partial charge is 0.292 e. The molecular weight excluding hydrogens is 280 g/mol. The Bertz CT molecular complexity index is 628. The number of rotatable bonds is 6. The first-order valence-corrected chi connectivity index (χ1v) is 7.46. The van der Waals surface area contributed by atoms with Crippen molar-refractivity contribution in [2.24, 2.45) is 5.92 Å². The lowest BCUT2D eigenvalue weighted by Gasteiger charge is -2.19. The van der Waals surface area contributed by atoms with Crippen LogP contribution in [-0.4, -0.2) is 34.7 Å². The van der Waals surface area contributed by atoms with E-state index < -0.39 is 0 Å². The van der Waals surface area contributed by atoms with Gasteiger partial charge in [0.1, 0.15) is 11.6 Å². The number of carbonyl (C=O) groups is 1. The van der Waals surface area contributed by atoms with Gasteiger partial charge in [-0.05, 0) is 39.1 Å². The molecule has 120 valence electrons. The molecule has 0 fully saturated rings. The second-order valence-electron chi connectivity index (χ2n) is 6.10. The lowest BCUT2D eigenvalue weighted by Crippen LogP contribution is -2.19. The first kappa shape index (κ1) is 16.3. The van der Waals surface area contributed by atoms with Crippen LogP contribution in [0.2, 0.25) is 0 Å². The van der Waals surface area contributed by atoms with Gasteiger partial charge in [0.05, 0.1) is 18.8 Å². The van der Waals surface area contributed by atoms with Gasteiger partial charge in [-0.15, -0.1) is 0 Å². The van der Waals surface area contributed by atoms with Crippen LogP contribution in [0.4, 0.5) is 5.82 Å². The second-order valence-corrected chi connectivity index (χ2v) is 6.10. The van der Waals surface area contributed by atoms with E-state index in [-0.39, 0.29) is 11.9 Å². The minimum atomic E-state index is -0.261. The van der Waals surface area contributed by atoms with Gasteiger partial charge < -0.3 is 14.6 Å². The van der Waals surface area contributed by atoms with E-state index in [2.05, 4.69) is 31.2 Å². The fourth-order valence-electron chi connectivity index (χ4n) is 2.09. The predicted octanol–water partition coefficient (Wildman–Crippen LogP) is 3.01. The second kappa shape index (κ2) is 6.79. The fourth-order valence-corrected chi connectivity index (χ4v) is 2.09. The van der Waals surface area contributed by atoms with E-state index in [1.165, 1.54) is 0 Å². The highest BCUT2D eigenvalue weighted by Crippen LogP contribution is 2.21. The molecule has 0 bridgehead atoms. The summed E-state index contributed by atoms with van der Waals surface area (Å²) in [6.07, 6.45) is 1.69. The highest BCUT2D eigenvalue weighted by molar-refractivity contribution is 6.01. The Morgan fingerprint density at radius 3 is 2.68 bits per heavy atom. The molecule has 0 saturated carbocycles. The number of furan rings is 1. The van der Waals surface area contributed by atoms with Crippen LogP contribution in [0.15, 0.2) is 28.8 Å². The third-order valence-corrected chi connectivity index (χ3v) is 3.62. The van der Waals surface area contributed by atoms with Crippen molar-refractivity contribution >= 4 is 11.7 Å². The number of anilines is 1. The molecular formula is C16H24N4O2. The molecule has 2 aromatic heterocycles. The average Bonchev–Trinajstić information content (AvgIpc) is 3.06. The largest absolute Gasteiger partial charge is 0.455 e. The summed E-state index contributed by atoms with van der Waals surface area (Å²) >= 11 is 0. The Hall–Kier alpha value is -2.08. The molecule has 0 aliphatic rings. The van der Waals surface area contributed by atoms with Crippen molar-refractivity contribution in [3.05, 3.63) is 35.9 Å². The SMILES string of the molecule is CC(C)[C@@H](C)n1nccc1NC(=O)c1ccc(CN(C)C)o1. The van der Waals surface area contributed by atoms with Crippen LogP contribution in [0.25, 0.3) is 0 Å². The van der Waals surface area contributed by atoms with Crippen LogP contribution in [-0.2, 0) is 6.54 Å². The van der Waals surface area contributed by atoms with E-state index in [1.807, 2.05) is 29.7 Å². The molecule has 6 heteroatoms. The number of hydrogen-bond donors (Lipinski definition) is 1. The number of amides is 1. The first-order chi connectivity index (χ1) is 10.4. The van der Waals surface area contributed by atoms with Crippen LogP contribution in [0.5, 0.6) is 0 Å². The maximum Gasteiger partial charge on any atom is 0.292 e. The van der Waals surface area contributed by atoms with E-state index >= 15 is 0 Å². The lowest BCUT2D eigenvalue weighted by atomic mass is 10.1. The number of hydrogen-bond acceptors (Lipinski definition) is 4. The minimum Gasteiger partial charge on any atom is -0.455 e. The molecule has 0 radical (unpaired) electrons. The number of carbonyl (C=O) groups excluding carboxylic acids is 1. The minimum absolute atomic E-state index is 0.200. The number of nitrogens with zero attached hydrogens (tertiary/aromatic N) is 3. The van der Waals surface area contributed by atoms with Gasteiger partial charge in [0.25, 0.3) is 5.91 Å². The normalized spacial score (nSPS) is 12.9. The zero-order valence-corrected chi connectivity index (χ0v) is 13.8. The fraction of sp³-hybridized carbons (Fsp3) is 0.500. The zero-order valence-electron chi connectivity index (χ0n) is 13.8. The molecule has 0 spiro atoms. The molecule has 22 heavy (non-hydrogen) atoms. The van der Waals surface area contributed by atoms with Gasteiger partial charge in [-0.2, -0.15) is 5.10 Å². The summed E-state index contributed by atoms with van der Waals surface area (Å²) in [5, 5.41) is 7.16. The third kappa shape index (κ3) is 3.76. The van der Waals surface area contributed by atoms with Crippen molar-refractivity contribution in [3.8, 4) is 0 Å². The Balaban J connectivity index is 2.09. The molecule has 1 atom stereocenters. The highest BCUT2D eigenvalue weighted by atomic mass is 16.4. The van der Waals surface area contributed by atoms with Gasteiger partial charge in [-0.25, -0.2) is 4.68 Å². The summed E-state index contributed by atoms with van der Waals surface area (Å²) in [5.74, 6) is 1.91. The summed E-state index contributed by atoms with van der Waals surface area (Å²) in [5.41, 5.74) is 0.